The molecule has 0 aliphatic carbocycles. The van der Waals surface area contributed by atoms with Gasteiger partial charge in [0.25, 0.3) is 0 Å². The minimum atomic E-state index is -0.698. The molecule has 0 spiro atoms. The molecule has 2 atom stereocenters. The number of rotatable bonds is 1. The van der Waals surface area contributed by atoms with Crippen molar-refractivity contribution in [2.45, 2.75) is 18.6 Å². The Morgan fingerprint density at radius 3 is 2.79 bits per heavy atom. The van der Waals surface area contributed by atoms with Gasteiger partial charge in [0.05, 0.1) is 6.10 Å². The molecule has 2 aromatic rings. The summed E-state index contributed by atoms with van der Waals surface area (Å²) in [5, 5.41) is 19.6. The van der Waals surface area contributed by atoms with Crippen LogP contribution in [0.15, 0.2) is 42.5 Å². The predicted octanol–water partition coefficient (Wildman–Crippen LogP) is 3.09. The lowest BCUT2D eigenvalue weighted by atomic mass is 9.95. The van der Waals surface area contributed by atoms with Gasteiger partial charge < -0.3 is 14.9 Å². The number of phenolic OH excluding ortho intramolecular Hbond substituents is 1. The predicted molar refractivity (Wildman–Crippen MR) is 67.5 cm³/mol. The Morgan fingerprint density at radius 2 is 2.00 bits per heavy atom. The van der Waals surface area contributed by atoms with Gasteiger partial charge in [-0.25, -0.2) is 4.39 Å². The number of ether oxygens (including phenoxy) is 1. The molecule has 19 heavy (non-hydrogen) atoms. The minimum Gasteiger partial charge on any atom is -0.508 e. The van der Waals surface area contributed by atoms with Crippen LogP contribution in [0.25, 0.3) is 0 Å². The Labute approximate surface area is 109 Å². The van der Waals surface area contributed by atoms with Gasteiger partial charge in [0.2, 0.25) is 0 Å². The van der Waals surface area contributed by atoms with Crippen LogP contribution in [0.2, 0.25) is 0 Å². The van der Waals surface area contributed by atoms with Gasteiger partial charge in [0.1, 0.15) is 23.4 Å². The first-order chi connectivity index (χ1) is 9.13. The molecule has 0 fully saturated rings. The van der Waals surface area contributed by atoms with Crippen LogP contribution in [0.5, 0.6) is 11.5 Å². The molecule has 0 saturated carbocycles. The third kappa shape index (κ3) is 2.27. The van der Waals surface area contributed by atoms with Gasteiger partial charge in [0.15, 0.2) is 0 Å². The maximum absolute atomic E-state index is 13.2. The molecule has 0 bridgehead atoms. The number of halogens is 1. The van der Waals surface area contributed by atoms with E-state index in [1.807, 2.05) is 0 Å². The van der Waals surface area contributed by atoms with E-state index in [1.165, 1.54) is 18.2 Å². The number of benzene rings is 2. The van der Waals surface area contributed by atoms with Crippen LogP contribution >= 0.6 is 0 Å². The molecule has 2 N–H and O–H groups in total. The molecular formula is C15H13FO3. The number of aromatic hydroxyl groups is 1. The zero-order valence-electron chi connectivity index (χ0n) is 10.1. The Bertz CT molecular complexity index is 612. The first-order valence-corrected chi connectivity index (χ1v) is 6.06. The van der Waals surface area contributed by atoms with Crippen LogP contribution in [-0.4, -0.2) is 10.2 Å². The highest BCUT2D eigenvalue weighted by atomic mass is 19.1. The highest BCUT2D eigenvalue weighted by Gasteiger charge is 2.28. The summed E-state index contributed by atoms with van der Waals surface area (Å²) in [5.74, 6) is 0.0928. The lowest BCUT2D eigenvalue weighted by Crippen LogP contribution is -2.19. The summed E-state index contributed by atoms with van der Waals surface area (Å²) >= 11 is 0. The maximum atomic E-state index is 13.2. The standard InChI is InChI=1S/C15H13FO3/c16-10-4-5-12-13(18)8-14(19-15(12)7-10)9-2-1-3-11(17)6-9/h1-7,13-14,17-18H,8H2/t13-,14?/m0/s1. The number of aliphatic hydroxyl groups excluding tert-OH is 1. The molecule has 0 aromatic heterocycles. The van der Waals surface area contributed by atoms with Crippen molar-refractivity contribution in [3.63, 3.8) is 0 Å². The summed E-state index contributed by atoms with van der Waals surface area (Å²) in [6.07, 6.45) is -0.713. The largest absolute Gasteiger partial charge is 0.508 e. The van der Waals surface area contributed by atoms with Gasteiger partial charge in [-0.15, -0.1) is 0 Å². The molecule has 1 aliphatic heterocycles. The molecule has 0 radical (unpaired) electrons. The van der Waals surface area contributed by atoms with Crippen molar-refractivity contribution >= 4 is 0 Å². The molecule has 1 unspecified atom stereocenters. The van der Waals surface area contributed by atoms with Crippen LogP contribution in [0, 0.1) is 5.82 Å². The van der Waals surface area contributed by atoms with E-state index in [1.54, 1.807) is 24.3 Å². The zero-order chi connectivity index (χ0) is 13.4. The summed E-state index contributed by atoms with van der Waals surface area (Å²) in [6.45, 7) is 0. The summed E-state index contributed by atoms with van der Waals surface area (Å²) in [7, 11) is 0. The lowest BCUT2D eigenvalue weighted by molar-refractivity contribution is 0.0652. The number of fused-ring (bicyclic) bond motifs is 1. The molecule has 1 heterocycles. The van der Waals surface area contributed by atoms with E-state index in [4.69, 9.17) is 4.74 Å². The van der Waals surface area contributed by atoms with Crippen molar-refractivity contribution in [1.82, 2.24) is 0 Å². The van der Waals surface area contributed by atoms with E-state index in [0.29, 0.717) is 17.7 Å². The smallest absolute Gasteiger partial charge is 0.128 e. The Hall–Kier alpha value is -2.07. The number of hydrogen-bond donors (Lipinski definition) is 2. The van der Waals surface area contributed by atoms with E-state index in [0.717, 1.165) is 5.56 Å². The molecule has 2 aromatic carbocycles. The summed E-state index contributed by atoms with van der Waals surface area (Å²) in [6, 6.07) is 10.8. The first kappa shape index (κ1) is 12.0. The average Bonchev–Trinajstić information content (AvgIpc) is 2.38. The van der Waals surface area contributed by atoms with Gasteiger partial charge in [-0.3, -0.25) is 0 Å². The monoisotopic (exact) mass is 260 g/mol. The van der Waals surface area contributed by atoms with E-state index in [-0.39, 0.29) is 5.75 Å². The fourth-order valence-corrected chi connectivity index (χ4v) is 2.35. The highest BCUT2D eigenvalue weighted by molar-refractivity contribution is 5.39. The van der Waals surface area contributed by atoms with E-state index < -0.39 is 18.0 Å². The van der Waals surface area contributed by atoms with Crippen LogP contribution in [0.1, 0.15) is 29.8 Å². The quantitative estimate of drug-likeness (QED) is 0.828. The van der Waals surface area contributed by atoms with Crippen molar-refractivity contribution in [1.29, 1.82) is 0 Å². The average molecular weight is 260 g/mol. The van der Waals surface area contributed by atoms with Gasteiger partial charge in [-0.05, 0) is 29.8 Å². The van der Waals surface area contributed by atoms with Gasteiger partial charge >= 0.3 is 0 Å². The summed E-state index contributed by atoms with van der Waals surface area (Å²) in [4.78, 5) is 0. The molecule has 98 valence electrons. The maximum Gasteiger partial charge on any atom is 0.128 e. The normalized spacial score (nSPS) is 21.6. The molecule has 4 heteroatoms. The second-order valence-electron chi connectivity index (χ2n) is 4.64. The van der Waals surface area contributed by atoms with Gasteiger partial charge in [-0.2, -0.15) is 0 Å². The highest BCUT2D eigenvalue weighted by Crippen LogP contribution is 2.41. The summed E-state index contributed by atoms with van der Waals surface area (Å²) in [5.41, 5.74) is 1.35. The Morgan fingerprint density at radius 1 is 1.16 bits per heavy atom. The number of aliphatic hydroxyl groups is 1. The third-order valence-electron chi connectivity index (χ3n) is 3.28. The van der Waals surface area contributed by atoms with Crippen molar-refractivity contribution in [2.75, 3.05) is 0 Å². The topological polar surface area (TPSA) is 49.7 Å². The molecule has 0 saturated heterocycles. The van der Waals surface area contributed by atoms with E-state index in [9.17, 15) is 14.6 Å². The lowest BCUT2D eigenvalue weighted by Gasteiger charge is -2.30. The second-order valence-corrected chi connectivity index (χ2v) is 4.64. The van der Waals surface area contributed by atoms with Crippen molar-refractivity contribution in [2.24, 2.45) is 0 Å². The van der Waals surface area contributed by atoms with Crippen molar-refractivity contribution < 1.29 is 19.3 Å². The summed E-state index contributed by atoms with van der Waals surface area (Å²) < 4.78 is 18.9. The van der Waals surface area contributed by atoms with Crippen molar-refractivity contribution in [3.8, 4) is 11.5 Å². The molecule has 3 rings (SSSR count). The SMILES string of the molecule is Oc1cccc(C2C[C@H](O)c3ccc(F)cc3O2)c1. The molecule has 1 aliphatic rings. The van der Waals surface area contributed by atoms with Crippen LogP contribution in [0.3, 0.4) is 0 Å². The van der Waals surface area contributed by atoms with Gasteiger partial charge in [-0.1, -0.05) is 12.1 Å². The zero-order valence-corrected chi connectivity index (χ0v) is 10.1. The molecule has 3 nitrogen and oxygen atoms in total. The van der Waals surface area contributed by atoms with Crippen LogP contribution < -0.4 is 4.74 Å². The van der Waals surface area contributed by atoms with Crippen molar-refractivity contribution in [3.05, 3.63) is 59.4 Å². The fourth-order valence-electron chi connectivity index (χ4n) is 2.35. The molecule has 0 amide bonds. The second kappa shape index (κ2) is 4.55. The number of hydrogen-bond acceptors (Lipinski definition) is 3. The number of phenols is 1. The molecular weight excluding hydrogens is 247 g/mol. The Balaban J connectivity index is 1.96. The van der Waals surface area contributed by atoms with Crippen LogP contribution in [0.4, 0.5) is 4.39 Å². The minimum absolute atomic E-state index is 0.139. The Kier molecular flexibility index (Phi) is 2.87. The van der Waals surface area contributed by atoms with E-state index >= 15 is 0 Å². The van der Waals surface area contributed by atoms with E-state index in [2.05, 4.69) is 0 Å². The van der Waals surface area contributed by atoms with Gasteiger partial charge in [0, 0.05) is 18.1 Å². The van der Waals surface area contributed by atoms with Crippen LogP contribution in [-0.2, 0) is 0 Å². The first-order valence-electron chi connectivity index (χ1n) is 6.06. The fraction of sp³-hybridized carbons (Fsp3) is 0.200. The third-order valence-corrected chi connectivity index (χ3v) is 3.28.